The Hall–Kier alpha value is -3.17. The predicted octanol–water partition coefficient (Wildman–Crippen LogP) is 2.50. The second-order valence-electron chi connectivity index (χ2n) is 7.15. The number of halogens is 1. The summed E-state index contributed by atoms with van der Waals surface area (Å²) in [5.41, 5.74) is 1.44. The first-order valence-electron chi connectivity index (χ1n) is 9.43. The van der Waals surface area contributed by atoms with Crippen molar-refractivity contribution in [2.24, 2.45) is 0 Å². The molecule has 1 fully saturated rings. The molecule has 2 aromatic carbocycles. The van der Waals surface area contributed by atoms with Crippen LogP contribution in [-0.2, 0) is 17.9 Å². The molecule has 1 aromatic heterocycles. The molecule has 156 valence electrons. The quantitative estimate of drug-likeness (QED) is 0.455. The Kier molecular flexibility index (Phi) is 5.56. The van der Waals surface area contributed by atoms with E-state index in [1.165, 1.54) is 22.8 Å². The Labute approximate surface area is 176 Å². The first kappa shape index (κ1) is 20.1. The molecule has 10 heteroatoms. The maximum absolute atomic E-state index is 12.7. The summed E-state index contributed by atoms with van der Waals surface area (Å²) in [6.07, 6.45) is 0. The summed E-state index contributed by atoms with van der Waals surface area (Å²) in [4.78, 5) is 39.2. The van der Waals surface area contributed by atoms with Crippen LogP contribution in [0, 0.1) is 10.1 Å². The smallest absolute Gasteiger partial charge is 0.407 e. The van der Waals surface area contributed by atoms with Gasteiger partial charge in [-0.15, -0.1) is 0 Å². The molecule has 30 heavy (non-hydrogen) atoms. The zero-order valence-corrected chi connectivity index (χ0v) is 16.7. The summed E-state index contributed by atoms with van der Waals surface area (Å²) in [6, 6.07) is 11.6. The average Bonchev–Trinajstić information content (AvgIpc) is 3.04. The van der Waals surface area contributed by atoms with Crippen LogP contribution < -0.4 is 5.76 Å². The first-order valence-corrected chi connectivity index (χ1v) is 9.81. The van der Waals surface area contributed by atoms with E-state index in [1.807, 2.05) is 24.3 Å². The molecule has 0 saturated carbocycles. The number of carbonyl (C=O) groups is 1. The highest BCUT2D eigenvalue weighted by Gasteiger charge is 2.23. The van der Waals surface area contributed by atoms with E-state index in [0.717, 1.165) is 25.2 Å². The van der Waals surface area contributed by atoms with Gasteiger partial charge in [-0.1, -0.05) is 23.7 Å². The minimum atomic E-state index is -0.708. The van der Waals surface area contributed by atoms with Gasteiger partial charge in [0.1, 0.15) is 6.54 Å². The second kappa shape index (κ2) is 8.29. The van der Waals surface area contributed by atoms with E-state index in [9.17, 15) is 19.7 Å². The van der Waals surface area contributed by atoms with Gasteiger partial charge in [0.15, 0.2) is 5.58 Å². The number of rotatable bonds is 5. The maximum Gasteiger partial charge on any atom is 0.420 e. The summed E-state index contributed by atoms with van der Waals surface area (Å²) in [5.74, 6) is -0.899. The molecule has 9 nitrogen and oxygen atoms in total. The molecule has 4 rings (SSSR count). The van der Waals surface area contributed by atoms with E-state index in [4.69, 9.17) is 16.0 Å². The number of hydrogen-bond acceptors (Lipinski definition) is 6. The second-order valence-corrected chi connectivity index (χ2v) is 7.58. The lowest BCUT2D eigenvalue weighted by Gasteiger charge is -2.34. The highest BCUT2D eigenvalue weighted by molar-refractivity contribution is 6.30. The number of oxazole rings is 1. The van der Waals surface area contributed by atoms with Crippen LogP contribution in [0.3, 0.4) is 0 Å². The molecule has 1 aliphatic rings. The van der Waals surface area contributed by atoms with E-state index in [0.29, 0.717) is 23.6 Å². The zero-order chi connectivity index (χ0) is 21.3. The van der Waals surface area contributed by atoms with Crippen molar-refractivity contribution in [1.29, 1.82) is 0 Å². The number of non-ortho nitro benzene ring substituents is 1. The SMILES string of the molecule is O=C(Cn1c(=O)oc2cc([N+](=O)[O-])ccc21)N1CCN(Cc2ccc(Cl)cc2)CC1. The number of fused-ring (bicyclic) bond motifs is 1. The van der Waals surface area contributed by atoms with E-state index in [1.54, 1.807) is 4.90 Å². The Bertz CT molecular complexity index is 1150. The van der Waals surface area contributed by atoms with Crippen molar-refractivity contribution in [3.8, 4) is 0 Å². The topological polar surface area (TPSA) is 102 Å². The van der Waals surface area contributed by atoms with Gasteiger partial charge >= 0.3 is 5.76 Å². The van der Waals surface area contributed by atoms with Gasteiger partial charge in [0.05, 0.1) is 16.5 Å². The predicted molar refractivity (Wildman–Crippen MR) is 110 cm³/mol. The lowest BCUT2D eigenvalue weighted by molar-refractivity contribution is -0.384. The van der Waals surface area contributed by atoms with Crippen molar-refractivity contribution < 1.29 is 14.1 Å². The lowest BCUT2D eigenvalue weighted by Crippen LogP contribution is -2.49. The van der Waals surface area contributed by atoms with Crippen LogP contribution in [0.2, 0.25) is 5.02 Å². The summed E-state index contributed by atoms with van der Waals surface area (Å²) < 4.78 is 6.29. The van der Waals surface area contributed by atoms with Gasteiger partial charge in [-0.3, -0.25) is 24.4 Å². The molecule has 0 radical (unpaired) electrons. The average molecular weight is 431 g/mol. The molecule has 0 spiro atoms. The lowest BCUT2D eigenvalue weighted by atomic mass is 10.2. The highest BCUT2D eigenvalue weighted by Crippen LogP contribution is 2.20. The first-order chi connectivity index (χ1) is 14.4. The number of nitro benzene ring substituents is 1. The molecule has 0 unspecified atom stereocenters. The third-order valence-electron chi connectivity index (χ3n) is 5.20. The minimum Gasteiger partial charge on any atom is -0.407 e. The molecule has 0 atom stereocenters. The molecule has 3 aromatic rings. The number of hydrogen-bond donors (Lipinski definition) is 0. The summed E-state index contributed by atoms with van der Waals surface area (Å²) in [7, 11) is 0. The number of nitrogens with zero attached hydrogens (tertiary/aromatic N) is 4. The van der Waals surface area contributed by atoms with Gasteiger partial charge in [0, 0.05) is 43.8 Å². The Morgan fingerprint density at radius 1 is 1.10 bits per heavy atom. The Balaban J connectivity index is 1.39. The normalized spacial score (nSPS) is 14.9. The number of nitro groups is 1. The Morgan fingerprint density at radius 2 is 1.80 bits per heavy atom. The van der Waals surface area contributed by atoms with E-state index < -0.39 is 10.7 Å². The molecule has 2 heterocycles. The third kappa shape index (κ3) is 4.22. The van der Waals surface area contributed by atoms with Crippen LogP contribution in [0.5, 0.6) is 0 Å². The monoisotopic (exact) mass is 430 g/mol. The Morgan fingerprint density at radius 3 is 2.47 bits per heavy atom. The van der Waals surface area contributed by atoms with Gasteiger partial charge in [-0.05, 0) is 23.8 Å². The molecule has 0 bridgehead atoms. The highest BCUT2D eigenvalue weighted by atomic mass is 35.5. The van der Waals surface area contributed by atoms with Crippen molar-refractivity contribution in [1.82, 2.24) is 14.4 Å². The van der Waals surface area contributed by atoms with E-state index >= 15 is 0 Å². The van der Waals surface area contributed by atoms with Crippen molar-refractivity contribution in [3.63, 3.8) is 0 Å². The fourth-order valence-corrected chi connectivity index (χ4v) is 3.68. The van der Waals surface area contributed by atoms with Gasteiger partial charge in [0.2, 0.25) is 5.91 Å². The van der Waals surface area contributed by atoms with Crippen LogP contribution in [0.25, 0.3) is 11.1 Å². The fraction of sp³-hybridized carbons (Fsp3) is 0.300. The third-order valence-corrected chi connectivity index (χ3v) is 5.45. The van der Waals surface area contributed by atoms with Crippen LogP contribution in [0.1, 0.15) is 5.56 Å². The zero-order valence-electron chi connectivity index (χ0n) is 16.0. The molecular weight excluding hydrogens is 412 g/mol. The fourth-order valence-electron chi connectivity index (χ4n) is 3.56. The summed E-state index contributed by atoms with van der Waals surface area (Å²) in [5, 5.41) is 11.6. The van der Waals surface area contributed by atoms with Crippen molar-refractivity contribution in [2.45, 2.75) is 13.1 Å². The van der Waals surface area contributed by atoms with Gasteiger partial charge in [-0.2, -0.15) is 0 Å². The van der Waals surface area contributed by atoms with Crippen molar-refractivity contribution in [2.75, 3.05) is 26.2 Å². The molecule has 1 saturated heterocycles. The number of benzene rings is 2. The van der Waals surface area contributed by atoms with Gasteiger partial charge < -0.3 is 9.32 Å². The number of aromatic nitrogens is 1. The molecule has 1 aliphatic heterocycles. The molecule has 0 aliphatic carbocycles. The maximum atomic E-state index is 12.7. The van der Waals surface area contributed by atoms with Crippen molar-refractivity contribution >= 4 is 34.3 Å². The molecule has 1 amide bonds. The van der Waals surface area contributed by atoms with Crippen LogP contribution in [0.4, 0.5) is 5.69 Å². The summed E-state index contributed by atoms with van der Waals surface area (Å²) >= 11 is 5.92. The van der Waals surface area contributed by atoms with Crippen molar-refractivity contribution in [3.05, 3.63) is 73.7 Å². The number of carbonyl (C=O) groups excluding carboxylic acids is 1. The number of amides is 1. The number of piperazine rings is 1. The minimum absolute atomic E-state index is 0.0924. The van der Waals surface area contributed by atoms with Gasteiger partial charge in [-0.25, -0.2) is 4.79 Å². The summed E-state index contributed by atoms with van der Waals surface area (Å²) in [6.45, 7) is 3.18. The molecular formula is C20H19ClN4O5. The van der Waals surface area contributed by atoms with Crippen LogP contribution in [-0.4, -0.2) is 51.4 Å². The van der Waals surface area contributed by atoms with E-state index in [-0.39, 0.29) is 23.7 Å². The largest absolute Gasteiger partial charge is 0.420 e. The van der Waals surface area contributed by atoms with Crippen LogP contribution in [0.15, 0.2) is 51.7 Å². The van der Waals surface area contributed by atoms with E-state index in [2.05, 4.69) is 4.90 Å². The van der Waals surface area contributed by atoms with Crippen LogP contribution >= 0.6 is 11.6 Å². The molecule has 0 N–H and O–H groups in total. The van der Waals surface area contributed by atoms with Gasteiger partial charge in [0.25, 0.3) is 5.69 Å². The standard InChI is InChI=1S/C20H19ClN4O5/c21-15-3-1-14(2-4-15)12-22-7-9-23(10-8-22)19(26)13-24-17-6-5-16(25(28)29)11-18(17)30-20(24)27/h1-6,11H,7-10,12-13H2.